The van der Waals surface area contributed by atoms with E-state index in [0.29, 0.717) is 5.95 Å². The van der Waals surface area contributed by atoms with Gasteiger partial charge < -0.3 is 20.1 Å². The molecule has 29 heavy (non-hydrogen) atoms. The van der Waals surface area contributed by atoms with Gasteiger partial charge in [0.1, 0.15) is 17.3 Å². The number of aryl methyl sites for hydroxylation is 1. The van der Waals surface area contributed by atoms with Gasteiger partial charge in [0.15, 0.2) is 0 Å². The largest absolute Gasteiger partial charge is 0.496 e. The molecule has 3 rings (SSSR count). The molecule has 2 N–H and O–H groups in total. The molecule has 1 heterocycles. The Kier molecular flexibility index (Phi) is 7.28. The second-order valence-corrected chi connectivity index (χ2v) is 6.70. The van der Waals surface area contributed by atoms with E-state index in [9.17, 15) is 0 Å². The molecule has 0 atom stereocenters. The van der Waals surface area contributed by atoms with Crippen molar-refractivity contribution in [3.05, 3.63) is 71.4 Å². The molecule has 0 bridgehead atoms. The molecule has 0 saturated heterocycles. The lowest BCUT2D eigenvalue weighted by molar-refractivity contribution is 0.410. The number of nitrogens with zero attached hydrogens (tertiary/aromatic N) is 2. The molecule has 6 nitrogen and oxygen atoms in total. The van der Waals surface area contributed by atoms with Gasteiger partial charge in [-0.1, -0.05) is 36.4 Å². The topological polar surface area (TPSA) is 68.3 Å². The summed E-state index contributed by atoms with van der Waals surface area (Å²) in [5.74, 6) is 3.25. The van der Waals surface area contributed by atoms with E-state index in [1.54, 1.807) is 14.2 Å². The van der Waals surface area contributed by atoms with Crippen molar-refractivity contribution in [2.24, 2.45) is 0 Å². The lowest BCUT2D eigenvalue weighted by atomic mass is 10.1. The highest BCUT2D eigenvalue weighted by molar-refractivity contribution is 5.43. The van der Waals surface area contributed by atoms with E-state index in [-0.39, 0.29) is 0 Å². The lowest BCUT2D eigenvalue weighted by Crippen LogP contribution is -2.12. The summed E-state index contributed by atoms with van der Waals surface area (Å²) in [4.78, 5) is 9.07. The molecule has 0 saturated carbocycles. The van der Waals surface area contributed by atoms with E-state index in [2.05, 4.69) is 32.7 Å². The summed E-state index contributed by atoms with van der Waals surface area (Å²) in [7, 11) is 3.39. The van der Waals surface area contributed by atoms with Crippen molar-refractivity contribution in [2.75, 3.05) is 37.9 Å². The summed E-state index contributed by atoms with van der Waals surface area (Å²) in [6, 6.07) is 18.1. The zero-order valence-corrected chi connectivity index (χ0v) is 17.2. The number of hydrogen-bond acceptors (Lipinski definition) is 6. The normalized spacial score (nSPS) is 10.4. The second-order valence-electron chi connectivity index (χ2n) is 6.70. The predicted molar refractivity (Wildman–Crippen MR) is 117 cm³/mol. The fourth-order valence-corrected chi connectivity index (χ4v) is 3.19. The summed E-state index contributed by atoms with van der Waals surface area (Å²) in [5, 5.41) is 6.70. The highest BCUT2D eigenvalue weighted by Gasteiger charge is 2.06. The molecule has 0 aliphatic heterocycles. The fraction of sp³-hybridized carbons (Fsp3) is 0.304. The van der Waals surface area contributed by atoms with Crippen molar-refractivity contribution in [3.63, 3.8) is 0 Å². The Labute approximate surface area is 172 Å². The maximum Gasteiger partial charge on any atom is 0.224 e. The number of rotatable bonds is 10. The minimum absolute atomic E-state index is 0.625. The van der Waals surface area contributed by atoms with Crippen LogP contribution in [-0.4, -0.2) is 37.3 Å². The standard InChI is InChI=1S/C23H28N4O2/c1-17-16-22(24-14-12-18-8-4-6-10-20(18)28-2)27-23(26-17)25-15-13-19-9-5-7-11-21(19)29-3/h4-11,16H,12-15H2,1-3H3,(H2,24,25,26,27). The quantitative estimate of drug-likeness (QED) is 0.541. The number of aromatic nitrogens is 2. The van der Waals surface area contributed by atoms with Gasteiger partial charge in [-0.2, -0.15) is 4.98 Å². The van der Waals surface area contributed by atoms with E-state index in [1.807, 2.05) is 49.4 Å². The van der Waals surface area contributed by atoms with Crippen molar-refractivity contribution in [1.82, 2.24) is 9.97 Å². The molecular weight excluding hydrogens is 364 g/mol. The van der Waals surface area contributed by atoms with Crippen LogP contribution in [0.1, 0.15) is 16.8 Å². The number of benzene rings is 2. The Bertz CT molecular complexity index is 859. The maximum atomic E-state index is 5.41. The second kappa shape index (κ2) is 10.3. The van der Waals surface area contributed by atoms with Crippen LogP contribution in [0.3, 0.4) is 0 Å². The van der Waals surface area contributed by atoms with Gasteiger partial charge in [0, 0.05) is 24.8 Å². The van der Waals surface area contributed by atoms with Crippen LogP contribution < -0.4 is 20.1 Å². The Balaban J connectivity index is 1.55. The minimum atomic E-state index is 0.625. The molecule has 0 amide bonds. The highest BCUT2D eigenvalue weighted by Crippen LogP contribution is 2.19. The van der Waals surface area contributed by atoms with Crippen LogP contribution >= 0.6 is 0 Å². The van der Waals surface area contributed by atoms with Crippen LogP contribution in [0.2, 0.25) is 0 Å². The molecule has 2 aromatic carbocycles. The average molecular weight is 393 g/mol. The number of para-hydroxylation sites is 2. The summed E-state index contributed by atoms with van der Waals surface area (Å²) < 4.78 is 10.8. The van der Waals surface area contributed by atoms with E-state index in [0.717, 1.165) is 54.5 Å². The van der Waals surface area contributed by atoms with Gasteiger partial charge in [0.25, 0.3) is 0 Å². The first-order valence-corrected chi connectivity index (χ1v) is 9.77. The fourth-order valence-electron chi connectivity index (χ4n) is 3.19. The Morgan fingerprint density at radius 2 is 1.31 bits per heavy atom. The molecule has 0 aliphatic rings. The third kappa shape index (κ3) is 5.85. The zero-order valence-electron chi connectivity index (χ0n) is 17.2. The summed E-state index contributed by atoms with van der Waals surface area (Å²) in [6.07, 6.45) is 1.68. The third-order valence-corrected chi connectivity index (χ3v) is 4.62. The Morgan fingerprint density at radius 3 is 1.90 bits per heavy atom. The number of nitrogens with one attached hydrogen (secondary N) is 2. The molecular formula is C23H28N4O2. The average Bonchev–Trinajstić information content (AvgIpc) is 2.74. The number of hydrogen-bond donors (Lipinski definition) is 2. The molecule has 0 radical (unpaired) electrons. The molecule has 0 aliphatic carbocycles. The Morgan fingerprint density at radius 1 is 0.759 bits per heavy atom. The smallest absolute Gasteiger partial charge is 0.224 e. The van der Waals surface area contributed by atoms with Gasteiger partial charge in [-0.3, -0.25) is 0 Å². The maximum absolute atomic E-state index is 5.41. The van der Waals surface area contributed by atoms with Gasteiger partial charge in [0.2, 0.25) is 5.95 Å². The molecule has 1 aromatic heterocycles. The van der Waals surface area contributed by atoms with Gasteiger partial charge in [0.05, 0.1) is 14.2 Å². The molecule has 0 unspecified atom stereocenters. The zero-order chi connectivity index (χ0) is 20.5. The van der Waals surface area contributed by atoms with Crippen LogP contribution in [0.5, 0.6) is 11.5 Å². The number of ether oxygens (including phenoxy) is 2. The highest BCUT2D eigenvalue weighted by atomic mass is 16.5. The van der Waals surface area contributed by atoms with Gasteiger partial charge >= 0.3 is 0 Å². The third-order valence-electron chi connectivity index (χ3n) is 4.62. The first kappa shape index (κ1) is 20.5. The summed E-state index contributed by atoms with van der Waals surface area (Å²) in [5.41, 5.74) is 3.24. The first-order chi connectivity index (χ1) is 14.2. The van der Waals surface area contributed by atoms with Gasteiger partial charge in [-0.05, 0) is 43.0 Å². The van der Waals surface area contributed by atoms with Crippen LogP contribution in [0.25, 0.3) is 0 Å². The lowest BCUT2D eigenvalue weighted by Gasteiger charge is -2.12. The van der Waals surface area contributed by atoms with Crippen molar-refractivity contribution in [1.29, 1.82) is 0 Å². The number of methoxy groups -OCH3 is 2. The van der Waals surface area contributed by atoms with Crippen LogP contribution in [0.4, 0.5) is 11.8 Å². The first-order valence-electron chi connectivity index (χ1n) is 9.77. The summed E-state index contributed by atoms with van der Waals surface area (Å²) >= 11 is 0. The minimum Gasteiger partial charge on any atom is -0.496 e. The number of anilines is 2. The van der Waals surface area contributed by atoms with E-state index >= 15 is 0 Å². The van der Waals surface area contributed by atoms with Gasteiger partial charge in [-0.25, -0.2) is 4.98 Å². The van der Waals surface area contributed by atoms with Crippen molar-refractivity contribution in [2.45, 2.75) is 19.8 Å². The molecule has 3 aromatic rings. The Hall–Kier alpha value is -3.28. The predicted octanol–water partition coefficient (Wildman–Crippen LogP) is 4.11. The van der Waals surface area contributed by atoms with Crippen molar-refractivity contribution >= 4 is 11.8 Å². The van der Waals surface area contributed by atoms with E-state index in [4.69, 9.17) is 9.47 Å². The van der Waals surface area contributed by atoms with Crippen molar-refractivity contribution in [3.8, 4) is 11.5 Å². The van der Waals surface area contributed by atoms with Crippen molar-refractivity contribution < 1.29 is 9.47 Å². The van der Waals surface area contributed by atoms with Crippen LogP contribution in [0, 0.1) is 6.92 Å². The molecule has 6 heteroatoms. The van der Waals surface area contributed by atoms with Crippen LogP contribution in [0.15, 0.2) is 54.6 Å². The molecule has 152 valence electrons. The van der Waals surface area contributed by atoms with E-state index < -0.39 is 0 Å². The van der Waals surface area contributed by atoms with Gasteiger partial charge in [-0.15, -0.1) is 0 Å². The molecule has 0 fully saturated rings. The molecule has 0 spiro atoms. The van der Waals surface area contributed by atoms with Crippen LogP contribution in [-0.2, 0) is 12.8 Å². The summed E-state index contributed by atoms with van der Waals surface area (Å²) in [6.45, 7) is 3.46. The SMILES string of the molecule is COc1ccccc1CCNc1cc(C)nc(NCCc2ccccc2OC)n1. The van der Waals surface area contributed by atoms with E-state index in [1.165, 1.54) is 5.56 Å². The monoisotopic (exact) mass is 392 g/mol.